The van der Waals surface area contributed by atoms with E-state index >= 15 is 0 Å². The van der Waals surface area contributed by atoms with E-state index in [-0.39, 0.29) is 18.4 Å². The first-order valence-corrected chi connectivity index (χ1v) is 4.42. The number of hydrazine groups is 1. The molecule has 1 heterocycles. The van der Waals surface area contributed by atoms with Crippen molar-refractivity contribution in [3.05, 3.63) is 0 Å². The van der Waals surface area contributed by atoms with Gasteiger partial charge in [0.05, 0.1) is 6.04 Å². The van der Waals surface area contributed by atoms with Crippen molar-refractivity contribution in [1.82, 2.24) is 10.7 Å². The third-order valence-electron chi connectivity index (χ3n) is 2.37. The van der Waals surface area contributed by atoms with Crippen LogP contribution in [-0.4, -0.2) is 17.2 Å². The second kappa shape index (κ2) is 4.53. The van der Waals surface area contributed by atoms with Crippen LogP contribution in [0.25, 0.3) is 0 Å². The van der Waals surface area contributed by atoms with Crippen LogP contribution in [0.5, 0.6) is 0 Å². The molecule has 0 aromatic rings. The molecule has 0 radical (unpaired) electrons. The molecule has 0 unspecified atom stereocenters. The molecule has 5 nitrogen and oxygen atoms in total. The van der Waals surface area contributed by atoms with E-state index in [4.69, 9.17) is 10.6 Å². The third kappa shape index (κ3) is 2.38. The summed E-state index contributed by atoms with van der Waals surface area (Å²) in [6.07, 6.45) is 6.24. The van der Waals surface area contributed by atoms with Crippen LogP contribution < -0.4 is 11.3 Å². The van der Waals surface area contributed by atoms with E-state index in [9.17, 15) is 0 Å². The quantitative estimate of drug-likeness (QED) is 0.664. The van der Waals surface area contributed by atoms with Crippen molar-refractivity contribution in [2.24, 2.45) is 10.8 Å². The van der Waals surface area contributed by atoms with Gasteiger partial charge in [-0.1, -0.05) is 19.3 Å². The highest BCUT2D eigenvalue weighted by atomic mass is 35.5. The lowest BCUT2D eigenvalue weighted by molar-refractivity contribution is -0.00932. The minimum Gasteiger partial charge on any atom is -0.351 e. The summed E-state index contributed by atoms with van der Waals surface area (Å²) in [5.74, 6) is 0. The maximum Gasteiger partial charge on any atom is 0.327 e. The molecule has 0 aromatic heterocycles. The first kappa shape index (κ1) is 10.4. The maximum absolute atomic E-state index is 5.36. The lowest BCUT2D eigenvalue weighted by atomic mass is 9.96. The predicted octanol–water partition coefficient (Wildman–Crippen LogP) is 0.722. The number of nitrogens with one attached hydrogen (secondary N) is 1. The van der Waals surface area contributed by atoms with Gasteiger partial charge in [-0.25, -0.2) is 0 Å². The Hall–Kier alpha value is -0.680. The lowest BCUT2D eigenvalue weighted by Crippen LogP contribution is -2.38. The van der Waals surface area contributed by atoms with Gasteiger partial charge in [-0.05, 0) is 18.4 Å². The van der Waals surface area contributed by atoms with Crippen LogP contribution in [0.2, 0.25) is 0 Å². The number of hydrazone groups is 1. The highest BCUT2D eigenvalue weighted by Crippen LogP contribution is 2.22. The highest BCUT2D eigenvalue weighted by Gasteiger charge is 2.24. The Balaban J connectivity index is 0.000000845. The van der Waals surface area contributed by atoms with Crippen molar-refractivity contribution in [3.8, 4) is 0 Å². The molecule has 1 aliphatic heterocycles. The van der Waals surface area contributed by atoms with Gasteiger partial charge in [0.15, 0.2) is 0 Å². The van der Waals surface area contributed by atoms with Gasteiger partial charge >= 0.3 is 6.02 Å². The molecule has 3 N–H and O–H groups in total. The van der Waals surface area contributed by atoms with Gasteiger partial charge in [0.25, 0.3) is 0 Å². The molecule has 0 spiro atoms. The molecule has 0 atom stereocenters. The summed E-state index contributed by atoms with van der Waals surface area (Å²) < 4.78 is 0. The number of amidine groups is 1. The largest absolute Gasteiger partial charge is 0.351 e. The fourth-order valence-electron chi connectivity index (χ4n) is 1.72. The highest BCUT2D eigenvalue weighted by molar-refractivity contribution is 5.85. The Kier molecular flexibility index (Phi) is 3.62. The minimum absolute atomic E-state index is 0. The van der Waals surface area contributed by atoms with Crippen LogP contribution in [0.3, 0.4) is 0 Å². The van der Waals surface area contributed by atoms with E-state index in [1.165, 1.54) is 32.1 Å². The molecule has 1 fully saturated rings. The third-order valence-corrected chi connectivity index (χ3v) is 2.37. The Bertz CT molecular complexity index is 193. The van der Waals surface area contributed by atoms with Crippen LogP contribution in [0.1, 0.15) is 32.1 Å². The van der Waals surface area contributed by atoms with Crippen molar-refractivity contribution in [2.75, 3.05) is 0 Å². The number of halogens is 1. The molecule has 0 amide bonds. The Labute approximate surface area is 83.6 Å². The van der Waals surface area contributed by atoms with Gasteiger partial charge in [0, 0.05) is 0 Å². The number of nitrogens with two attached hydrogens (primary N) is 1. The van der Waals surface area contributed by atoms with Crippen LogP contribution in [0.15, 0.2) is 5.10 Å². The Morgan fingerprint density at radius 3 is 2.62 bits per heavy atom. The molecule has 1 saturated carbocycles. The van der Waals surface area contributed by atoms with Crippen molar-refractivity contribution in [3.63, 3.8) is 0 Å². The molecular weight excluding hydrogens is 192 g/mol. The van der Waals surface area contributed by atoms with Crippen LogP contribution in [0, 0.1) is 0 Å². The molecule has 2 aliphatic rings. The zero-order valence-electron chi connectivity index (χ0n) is 7.40. The molecule has 0 saturated heterocycles. The summed E-state index contributed by atoms with van der Waals surface area (Å²) in [7, 11) is 0. The Morgan fingerprint density at radius 1 is 1.38 bits per heavy atom. The van der Waals surface area contributed by atoms with Gasteiger partial charge in [-0.15, -0.1) is 17.5 Å². The molecule has 0 aromatic carbocycles. The van der Waals surface area contributed by atoms with E-state index in [0.717, 1.165) is 0 Å². The SMILES string of the molecule is Cl.NC1=NN(C2CCCCC2)NO1. The summed E-state index contributed by atoms with van der Waals surface area (Å²) in [6, 6.07) is 0.667. The van der Waals surface area contributed by atoms with Gasteiger partial charge in [0.1, 0.15) is 0 Å². The number of hydrogen-bond donors (Lipinski definition) is 2. The van der Waals surface area contributed by atoms with Gasteiger partial charge < -0.3 is 10.6 Å². The molecule has 13 heavy (non-hydrogen) atoms. The van der Waals surface area contributed by atoms with Crippen molar-refractivity contribution in [2.45, 2.75) is 38.1 Å². The summed E-state index contributed by atoms with van der Waals surface area (Å²) in [5.41, 5.74) is 8.04. The lowest BCUT2D eigenvalue weighted by Gasteiger charge is -2.26. The van der Waals surface area contributed by atoms with Crippen molar-refractivity contribution >= 4 is 18.4 Å². The molecule has 76 valence electrons. The first-order chi connectivity index (χ1) is 5.86. The Morgan fingerprint density at radius 2 is 2.08 bits per heavy atom. The molecule has 2 rings (SSSR count). The molecular formula is C7H15ClN4O. The van der Waals surface area contributed by atoms with Crippen LogP contribution >= 0.6 is 12.4 Å². The van der Waals surface area contributed by atoms with Crippen molar-refractivity contribution in [1.29, 1.82) is 0 Å². The standard InChI is InChI=1S/C7H14N4O.ClH/c8-7-9-11(10-12-7)6-4-2-1-3-5-6;/h6,10H,1-5H2,(H2,8,9);1H. The number of rotatable bonds is 1. The monoisotopic (exact) mass is 206 g/mol. The van der Waals surface area contributed by atoms with Gasteiger partial charge in [-0.2, -0.15) is 5.12 Å². The summed E-state index contributed by atoms with van der Waals surface area (Å²) in [4.78, 5) is 4.82. The zero-order valence-corrected chi connectivity index (χ0v) is 8.22. The topological polar surface area (TPSA) is 62.9 Å². The van der Waals surface area contributed by atoms with Gasteiger partial charge in [-0.3, -0.25) is 0 Å². The van der Waals surface area contributed by atoms with Crippen molar-refractivity contribution < 1.29 is 4.84 Å². The minimum atomic E-state index is 0. The normalized spacial score (nSPS) is 23.4. The number of hydrogen-bond acceptors (Lipinski definition) is 5. The molecule has 6 heteroatoms. The van der Waals surface area contributed by atoms with Crippen LogP contribution in [-0.2, 0) is 4.84 Å². The second-order valence-corrected chi connectivity index (χ2v) is 3.27. The van der Waals surface area contributed by atoms with Gasteiger partial charge in [0.2, 0.25) is 0 Å². The second-order valence-electron chi connectivity index (χ2n) is 3.27. The molecule has 0 bridgehead atoms. The van der Waals surface area contributed by atoms with Crippen LogP contribution in [0.4, 0.5) is 0 Å². The van der Waals surface area contributed by atoms with E-state index < -0.39 is 0 Å². The first-order valence-electron chi connectivity index (χ1n) is 4.42. The molecule has 1 aliphatic carbocycles. The zero-order chi connectivity index (χ0) is 8.39. The number of nitrogens with zero attached hydrogens (tertiary/aromatic N) is 2. The summed E-state index contributed by atoms with van der Waals surface area (Å²) in [5, 5.41) is 5.74. The average Bonchev–Trinajstić information content (AvgIpc) is 2.54. The van der Waals surface area contributed by atoms with E-state index in [1.807, 2.05) is 0 Å². The van der Waals surface area contributed by atoms with E-state index in [0.29, 0.717) is 6.04 Å². The fraction of sp³-hybridized carbons (Fsp3) is 0.857. The maximum atomic E-state index is 5.36. The van der Waals surface area contributed by atoms with E-state index in [1.54, 1.807) is 5.12 Å². The smallest absolute Gasteiger partial charge is 0.327 e. The van der Waals surface area contributed by atoms with E-state index in [2.05, 4.69) is 10.7 Å². The fourth-order valence-corrected chi connectivity index (χ4v) is 1.72. The predicted molar refractivity (Wildman–Crippen MR) is 51.8 cm³/mol. The summed E-state index contributed by atoms with van der Waals surface area (Å²) >= 11 is 0. The summed E-state index contributed by atoms with van der Waals surface area (Å²) in [6.45, 7) is 0. The average molecular weight is 207 g/mol.